The molecule has 0 unspecified atom stereocenters. The number of amides is 1. The van der Waals surface area contributed by atoms with E-state index in [1.807, 2.05) is 59.0 Å². The van der Waals surface area contributed by atoms with E-state index >= 15 is 0 Å². The smallest absolute Gasteiger partial charge is 0.416 e. The average molecular weight is 674 g/mol. The largest absolute Gasteiger partial charge is 0.437 e. The van der Waals surface area contributed by atoms with Crippen LogP contribution in [0, 0.1) is 0 Å². The molecular formula is C34H27ClF3N7O3. The number of piperazine rings is 1. The summed E-state index contributed by atoms with van der Waals surface area (Å²) in [7, 11) is 1.86. The Morgan fingerprint density at radius 2 is 1.69 bits per heavy atom. The molecule has 10 nitrogen and oxygen atoms in total. The molecule has 4 heterocycles. The van der Waals surface area contributed by atoms with Crippen molar-refractivity contribution in [1.82, 2.24) is 34.5 Å². The van der Waals surface area contributed by atoms with Gasteiger partial charge in [0.2, 0.25) is 11.7 Å². The van der Waals surface area contributed by atoms with E-state index in [1.54, 1.807) is 6.07 Å². The van der Waals surface area contributed by atoms with Gasteiger partial charge in [0, 0.05) is 61.8 Å². The number of halogens is 4. The minimum Gasteiger partial charge on any atom is -0.437 e. The number of nitrogens with zero attached hydrogens (tertiary/aromatic N) is 7. The Morgan fingerprint density at radius 3 is 2.38 bits per heavy atom. The van der Waals surface area contributed by atoms with Crippen molar-refractivity contribution in [3.05, 3.63) is 107 Å². The predicted molar refractivity (Wildman–Crippen MR) is 171 cm³/mol. The number of aryl methyl sites for hydroxylation is 1. The number of rotatable bonds is 7. The first kappa shape index (κ1) is 31.3. The van der Waals surface area contributed by atoms with E-state index in [0.717, 1.165) is 42.7 Å². The van der Waals surface area contributed by atoms with Crippen LogP contribution < -0.4 is 4.74 Å². The molecule has 14 heteroatoms. The number of fused-ring (bicyclic) bond motifs is 1. The number of carbonyl (C=O) groups is 1. The Hall–Kier alpha value is -5.27. The summed E-state index contributed by atoms with van der Waals surface area (Å²) in [5, 5.41) is 5.46. The van der Waals surface area contributed by atoms with Crippen molar-refractivity contribution in [2.45, 2.75) is 12.7 Å². The van der Waals surface area contributed by atoms with E-state index in [2.05, 4.69) is 25.0 Å². The van der Waals surface area contributed by atoms with Crippen LogP contribution in [-0.2, 0) is 19.8 Å². The third-order valence-electron chi connectivity index (χ3n) is 8.18. The zero-order chi connectivity index (χ0) is 33.4. The monoisotopic (exact) mass is 673 g/mol. The van der Waals surface area contributed by atoms with Crippen LogP contribution in [0.25, 0.3) is 33.9 Å². The predicted octanol–water partition coefficient (Wildman–Crippen LogP) is 7.11. The van der Waals surface area contributed by atoms with Gasteiger partial charge >= 0.3 is 6.18 Å². The molecule has 0 spiro atoms. The summed E-state index contributed by atoms with van der Waals surface area (Å²) in [6.45, 7) is 3.65. The molecule has 0 saturated carbocycles. The summed E-state index contributed by atoms with van der Waals surface area (Å²) in [4.78, 5) is 30.5. The van der Waals surface area contributed by atoms with Gasteiger partial charge in [0.15, 0.2) is 0 Å². The lowest BCUT2D eigenvalue weighted by Crippen LogP contribution is -2.48. The van der Waals surface area contributed by atoms with Gasteiger partial charge in [-0.2, -0.15) is 18.2 Å². The molecular weight excluding hydrogens is 647 g/mol. The highest BCUT2D eigenvalue weighted by atomic mass is 35.5. The second-order valence-electron chi connectivity index (χ2n) is 11.3. The van der Waals surface area contributed by atoms with Gasteiger partial charge in [0.1, 0.15) is 17.1 Å². The molecule has 0 atom stereocenters. The highest BCUT2D eigenvalue weighted by molar-refractivity contribution is 6.30. The first-order chi connectivity index (χ1) is 23.1. The fourth-order valence-electron chi connectivity index (χ4n) is 5.55. The molecule has 0 radical (unpaired) electrons. The van der Waals surface area contributed by atoms with E-state index in [1.165, 1.54) is 30.1 Å². The lowest BCUT2D eigenvalue weighted by atomic mass is 10.1. The Balaban J connectivity index is 0.989. The summed E-state index contributed by atoms with van der Waals surface area (Å²) in [6.07, 6.45) is -1.65. The van der Waals surface area contributed by atoms with E-state index in [-0.39, 0.29) is 29.2 Å². The average Bonchev–Trinajstić information content (AvgIpc) is 3.71. The lowest BCUT2D eigenvalue weighted by Gasteiger charge is -2.34. The molecule has 6 aromatic rings. The number of carbonyl (C=O) groups excluding carboxylic acids is 1. The maximum atomic E-state index is 13.5. The summed E-state index contributed by atoms with van der Waals surface area (Å²) in [5.74, 6) is 0.858. The first-order valence-electron chi connectivity index (χ1n) is 15.0. The molecule has 1 amide bonds. The highest BCUT2D eigenvalue weighted by Gasteiger charge is 2.30. The van der Waals surface area contributed by atoms with Gasteiger partial charge in [-0.1, -0.05) is 41.0 Å². The third kappa shape index (κ3) is 6.60. The zero-order valence-electron chi connectivity index (χ0n) is 25.5. The summed E-state index contributed by atoms with van der Waals surface area (Å²) < 4.78 is 51.7. The van der Waals surface area contributed by atoms with Gasteiger partial charge < -0.3 is 18.7 Å². The van der Waals surface area contributed by atoms with Crippen LogP contribution in [0.3, 0.4) is 0 Å². The Bertz CT molecular complexity index is 2070. The van der Waals surface area contributed by atoms with Crippen molar-refractivity contribution in [1.29, 1.82) is 0 Å². The molecule has 1 aliphatic heterocycles. The van der Waals surface area contributed by atoms with Gasteiger partial charge in [0.05, 0.1) is 23.5 Å². The SMILES string of the molecule is Cn1c(C(=O)N2CCN(Cc3ccc(Cl)cc3)CC2)cc2ccc(Oc3cnc(-c4nc(-c5ccc(C(F)(F)F)cc5)no4)cn3)cc21. The zero-order valence-corrected chi connectivity index (χ0v) is 26.2. The number of ether oxygens (including phenoxy) is 1. The third-order valence-corrected chi connectivity index (χ3v) is 8.43. The normalized spacial score (nSPS) is 14.1. The molecule has 0 aliphatic carbocycles. The molecule has 3 aromatic carbocycles. The van der Waals surface area contributed by atoms with E-state index in [9.17, 15) is 18.0 Å². The van der Waals surface area contributed by atoms with Gasteiger partial charge in [-0.05, 0) is 48.0 Å². The van der Waals surface area contributed by atoms with Crippen LogP contribution in [0.1, 0.15) is 21.6 Å². The van der Waals surface area contributed by atoms with Gasteiger partial charge in [-0.25, -0.2) is 9.97 Å². The van der Waals surface area contributed by atoms with Crippen LogP contribution in [0.5, 0.6) is 11.6 Å². The molecule has 0 bridgehead atoms. The number of benzene rings is 3. The maximum Gasteiger partial charge on any atom is 0.416 e. The molecule has 3 aromatic heterocycles. The van der Waals surface area contributed by atoms with Gasteiger partial charge in [0.25, 0.3) is 11.8 Å². The van der Waals surface area contributed by atoms with Crippen molar-refractivity contribution >= 4 is 28.4 Å². The molecule has 1 fully saturated rings. The minimum absolute atomic E-state index is 0.0220. The highest BCUT2D eigenvalue weighted by Crippen LogP contribution is 2.31. The Morgan fingerprint density at radius 1 is 0.938 bits per heavy atom. The number of hydrogen-bond acceptors (Lipinski definition) is 8. The quantitative estimate of drug-likeness (QED) is 0.177. The molecule has 48 heavy (non-hydrogen) atoms. The molecule has 7 rings (SSSR count). The second-order valence-corrected chi connectivity index (χ2v) is 11.8. The summed E-state index contributed by atoms with van der Waals surface area (Å²) in [5.41, 5.74) is 2.46. The number of aromatic nitrogens is 5. The van der Waals surface area contributed by atoms with Crippen molar-refractivity contribution < 1.29 is 27.2 Å². The molecule has 0 N–H and O–H groups in total. The van der Waals surface area contributed by atoms with Crippen LogP contribution in [0.4, 0.5) is 13.2 Å². The molecule has 244 valence electrons. The number of hydrogen-bond donors (Lipinski definition) is 0. The van der Waals surface area contributed by atoms with Crippen molar-refractivity contribution in [2.75, 3.05) is 26.2 Å². The van der Waals surface area contributed by atoms with Crippen LogP contribution in [0.2, 0.25) is 5.02 Å². The van der Waals surface area contributed by atoms with E-state index in [4.69, 9.17) is 20.9 Å². The van der Waals surface area contributed by atoms with E-state index < -0.39 is 11.7 Å². The fraction of sp³-hybridized carbons (Fsp3) is 0.206. The second kappa shape index (κ2) is 12.7. The Kier molecular flexibility index (Phi) is 8.31. The van der Waals surface area contributed by atoms with Crippen LogP contribution >= 0.6 is 11.6 Å². The Labute approximate surface area is 277 Å². The van der Waals surface area contributed by atoms with Crippen molar-refractivity contribution in [3.8, 4) is 34.6 Å². The maximum absolute atomic E-state index is 13.5. The van der Waals surface area contributed by atoms with Crippen LogP contribution in [-0.4, -0.2) is 66.6 Å². The summed E-state index contributed by atoms with van der Waals surface area (Å²) >= 11 is 6.01. The first-order valence-corrected chi connectivity index (χ1v) is 15.4. The topological polar surface area (TPSA) is 102 Å². The van der Waals surface area contributed by atoms with Gasteiger partial charge in [-0.15, -0.1) is 0 Å². The molecule has 1 aliphatic rings. The van der Waals surface area contributed by atoms with Gasteiger partial charge in [-0.3, -0.25) is 9.69 Å². The van der Waals surface area contributed by atoms with Crippen molar-refractivity contribution in [2.24, 2.45) is 7.05 Å². The number of alkyl halides is 3. The van der Waals surface area contributed by atoms with E-state index in [0.29, 0.717) is 35.1 Å². The fourth-order valence-corrected chi connectivity index (χ4v) is 5.68. The summed E-state index contributed by atoms with van der Waals surface area (Å²) in [6, 6.07) is 19.7. The van der Waals surface area contributed by atoms with Crippen LogP contribution in [0.15, 0.2) is 89.7 Å². The molecule has 1 saturated heterocycles. The lowest BCUT2D eigenvalue weighted by molar-refractivity contribution is -0.137. The van der Waals surface area contributed by atoms with Crippen molar-refractivity contribution in [3.63, 3.8) is 0 Å². The minimum atomic E-state index is -4.44. The standard InChI is InChI=1S/C34H27ClF3N7O3/c1-43-28-17-26(11-6-23(28)16-29(43)33(46)45-14-12-44(13-15-45)20-21-2-9-25(35)10-3-21)47-30-19-39-27(18-40-30)32-41-31(42-48-32)22-4-7-24(8-5-22)34(36,37)38/h2-11,16-19H,12-15,20H2,1H3.